The number of amides is 1. The fourth-order valence-electron chi connectivity index (χ4n) is 3.36. The molecule has 0 bridgehead atoms. The van der Waals surface area contributed by atoms with Crippen LogP contribution < -0.4 is 9.80 Å². The summed E-state index contributed by atoms with van der Waals surface area (Å²) in [5, 5.41) is 0. The first-order valence-corrected chi connectivity index (χ1v) is 10.5. The molecule has 26 heavy (non-hydrogen) atoms. The first-order chi connectivity index (χ1) is 12.6. The summed E-state index contributed by atoms with van der Waals surface area (Å²) in [6.07, 6.45) is 2.05. The van der Waals surface area contributed by atoms with E-state index in [1.54, 1.807) is 11.3 Å². The van der Waals surface area contributed by atoms with Crippen LogP contribution in [0.4, 0.5) is 11.4 Å². The number of anilines is 2. The zero-order valence-electron chi connectivity index (χ0n) is 14.9. The number of nitrogens with zero attached hydrogens (tertiary/aromatic N) is 3. The Morgan fingerprint density at radius 1 is 1.23 bits per heavy atom. The minimum absolute atomic E-state index is 0.157. The number of rotatable bonds is 4. The second kappa shape index (κ2) is 7.29. The molecule has 0 spiro atoms. The Morgan fingerprint density at radius 3 is 2.88 bits per heavy atom. The standard InChI is InChI=1S/C20H21N3OS2/c1-22(2)16-10-5-7-14-8-6-12-23(19(14)16)18(24)13-25-20-21-15-9-3-4-11-17(15)26-20/h3-5,7,9-11H,6,8,12-13H2,1-2H3. The first kappa shape index (κ1) is 17.4. The number of fused-ring (bicyclic) bond motifs is 2. The molecule has 1 aromatic heterocycles. The summed E-state index contributed by atoms with van der Waals surface area (Å²) in [5.74, 6) is 0.575. The molecule has 2 aromatic carbocycles. The van der Waals surface area contributed by atoms with Crippen molar-refractivity contribution in [3.63, 3.8) is 0 Å². The summed E-state index contributed by atoms with van der Waals surface area (Å²) in [6.45, 7) is 0.789. The summed E-state index contributed by atoms with van der Waals surface area (Å²) in [5.41, 5.74) is 4.46. The molecule has 4 rings (SSSR count). The number of carbonyl (C=O) groups excluding carboxylic acids is 1. The zero-order chi connectivity index (χ0) is 18.1. The molecule has 0 radical (unpaired) electrons. The van der Waals surface area contributed by atoms with E-state index in [4.69, 9.17) is 0 Å². The Bertz CT molecular complexity index is 918. The van der Waals surface area contributed by atoms with Crippen LogP contribution in [-0.4, -0.2) is 37.3 Å². The molecule has 1 aliphatic rings. The minimum Gasteiger partial charge on any atom is -0.376 e. The minimum atomic E-state index is 0.157. The van der Waals surface area contributed by atoms with E-state index in [2.05, 4.69) is 34.1 Å². The van der Waals surface area contributed by atoms with Gasteiger partial charge in [-0.25, -0.2) is 4.98 Å². The van der Waals surface area contributed by atoms with Gasteiger partial charge in [0, 0.05) is 20.6 Å². The third-order valence-corrected chi connectivity index (χ3v) is 6.74. The smallest absolute Gasteiger partial charge is 0.237 e. The molecule has 4 nitrogen and oxygen atoms in total. The molecule has 0 aliphatic carbocycles. The molecule has 0 unspecified atom stereocenters. The van der Waals surface area contributed by atoms with Gasteiger partial charge in [0.2, 0.25) is 5.91 Å². The van der Waals surface area contributed by atoms with Crippen LogP contribution in [0.25, 0.3) is 10.2 Å². The lowest BCUT2D eigenvalue weighted by molar-refractivity contribution is -0.116. The Morgan fingerprint density at radius 2 is 2.08 bits per heavy atom. The first-order valence-electron chi connectivity index (χ1n) is 8.71. The van der Waals surface area contributed by atoms with E-state index in [0.29, 0.717) is 5.75 Å². The van der Waals surface area contributed by atoms with Gasteiger partial charge >= 0.3 is 0 Å². The second-order valence-corrected chi connectivity index (χ2v) is 8.82. The van der Waals surface area contributed by atoms with Crippen LogP contribution in [0.2, 0.25) is 0 Å². The SMILES string of the molecule is CN(C)c1cccc2c1N(C(=O)CSc1nc3ccccc3s1)CCC2. The van der Waals surface area contributed by atoms with Crippen LogP contribution in [0.1, 0.15) is 12.0 Å². The van der Waals surface area contributed by atoms with Gasteiger partial charge in [-0.05, 0) is 36.6 Å². The summed E-state index contributed by atoms with van der Waals surface area (Å²) >= 11 is 3.19. The normalized spacial score (nSPS) is 13.7. The van der Waals surface area contributed by atoms with E-state index in [-0.39, 0.29) is 5.91 Å². The lowest BCUT2D eigenvalue weighted by Crippen LogP contribution is -2.37. The summed E-state index contributed by atoms with van der Waals surface area (Å²) in [6, 6.07) is 14.4. The van der Waals surface area contributed by atoms with Gasteiger partial charge in [-0.1, -0.05) is 36.0 Å². The van der Waals surface area contributed by atoms with Crippen molar-refractivity contribution in [3.8, 4) is 0 Å². The number of hydrogen-bond acceptors (Lipinski definition) is 5. The Hall–Kier alpha value is -2.05. The highest BCUT2D eigenvalue weighted by atomic mass is 32.2. The van der Waals surface area contributed by atoms with E-state index in [0.717, 1.165) is 40.6 Å². The number of carbonyl (C=O) groups is 1. The number of aryl methyl sites for hydroxylation is 1. The molecule has 3 aromatic rings. The molecule has 134 valence electrons. The van der Waals surface area contributed by atoms with Crippen molar-refractivity contribution in [2.75, 3.05) is 36.2 Å². The lowest BCUT2D eigenvalue weighted by atomic mass is 10.00. The maximum Gasteiger partial charge on any atom is 0.237 e. The van der Waals surface area contributed by atoms with Gasteiger partial charge in [0.1, 0.15) is 0 Å². The van der Waals surface area contributed by atoms with Gasteiger partial charge in [-0.3, -0.25) is 4.79 Å². The quantitative estimate of drug-likeness (QED) is 0.625. The van der Waals surface area contributed by atoms with Crippen LogP contribution in [0.3, 0.4) is 0 Å². The number of hydrogen-bond donors (Lipinski definition) is 0. The molecule has 1 aliphatic heterocycles. The zero-order valence-corrected chi connectivity index (χ0v) is 16.6. The van der Waals surface area contributed by atoms with E-state index in [1.807, 2.05) is 37.2 Å². The summed E-state index contributed by atoms with van der Waals surface area (Å²) < 4.78 is 2.12. The molecule has 0 saturated heterocycles. The van der Waals surface area contributed by atoms with Crippen molar-refractivity contribution in [3.05, 3.63) is 48.0 Å². The average molecular weight is 384 g/mol. The highest BCUT2D eigenvalue weighted by molar-refractivity contribution is 8.01. The number of aromatic nitrogens is 1. The second-order valence-electron chi connectivity index (χ2n) is 6.56. The van der Waals surface area contributed by atoms with Crippen LogP contribution in [-0.2, 0) is 11.2 Å². The van der Waals surface area contributed by atoms with Gasteiger partial charge in [0.15, 0.2) is 4.34 Å². The Kier molecular flexibility index (Phi) is 4.87. The summed E-state index contributed by atoms with van der Waals surface area (Å²) in [4.78, 5) is 21.7. The molecule has 0 fully saturated rings. The van der Waals surface area contributed by atoms with E-state index >= 15 is 0 Å². The van der Waals surface area contributed by atoms with Crippen molar-refractivity contribution in [2.45, 2.75) is 17.2 Å². The lowest BCUT2D eigenvalue weighted by Gasteiger charge is -2.33. The van der Waals surface area contributed by atoms with Gasteiger partial charge in [-0.2, -0.15) is 0 Å². The van der Waals surface area contributed by atoms with Crippen LogP contribution in [0.15, 0.2) is 46.8 Å². The number of thiazole rings is 1. The molecular weight excluding hydrogens is 362 g/mol. The van der Waals surface area contributed by atoms with Gasteiger partial charge < -0.3 is 9.80 Å². The highest BCUT2D eigenvalue weighted by Crippen LogP contribution is 2.37. The topological polar surface area (TPSA) is 36.4 Å². The molecule has 2 heterocycles. The molecule has 0 atom stereocenters. The molecule has 6 heteroatoms. The number of para-hydroxylation sites is 2. The van der Waals surface area contributed by atoms with Gasteiger partial charge in [0.05, 0.1) is 27.3 Å². The third-order valence-electron chi connectivity index (χ3n) is 4.57. The fourth-order valence-corrected chi connectivity index (χ4v) is 5.30. The molecular formula is C20H21N3OS2. The Balaban J connectivity index is 1.54. The van der Waals surface area contributed by atoms with Crippen molar-refractivity contribution >= 4 is 50.6 Å². The van der Waals surface area contributed by atoms with E-state index in [1.165, 1.54) is 22.0 Å². The van der Waals surface area contributed by atoms with Crippen molar-refractivity contribution in [1.29, 1.82) is 0 Å². The van der Waals surface area contributed by atoms with Gasteiger partial charge in [0.25, 0.3) is 0 Å². The summed E-state index contributed by atoms with van der Waals surface area (Å²) in [7, 11) is 4.06. The fraction of sp³-hybridized carbons (Fsp3) is 0.300. The number of benzene rings is 2. The highest BCUT2D eigenvalue weighted by Gasteiger charge is 2.26. The third kappa shape index (κ3) is 3.31. The van der Waals surface area contributed by atoms with Crippen molar-refractivity contribution in [1.82, 2.24) is 4.98 Å². The van der Waals surface area contributed by atoms with E-state index in [9.17, 15) is 4.79 Å². The average Bonchev–Trinajstić information content (AvgIpc) is 3.08. The Labute approximate surface area is 161 Å². The maximum atomic E-state index is 13.0. The predicted octanol–water partition coefficient (Wildman–Crippen LogP) is 4.43. The van der Waals surface area contributed by atoms with Crippen LogP contribution in [0, 0.1) is 0 Å². The van der Waals surface area contributed by atoms with E-state index < -0.39 is 0 Å². The van der Waals surface area contributed by atoms with Gasteiger partial charge in [-0.15, -0.1) is 11.3 Å². The van der Waals surface area contributed by atoms with Crippen LogP contribution >= 0.6 is 23.1 Å². The van der Waals surface area contributed by atoms with Crippen molar-refractivity contribution < 1.29 is 4.79 Å². The predicted molar refractivity (Wildman–Crippen MR) is 112 cm³/mol. The number of thioether (sulfide) groups is 1. The maximum absolute atomic E-state index is 13.0. The largest absolute Gasteiger partial charge is 0.376 e. The molecule has 1 amide bonds. The monoisotopic (exact) mass is 383 g/mol. The molecule has 0 N–H and O–H groups in total. The van der Waals surface area contributed by atoms with Crippen LogP contribution in [0.5, 0.6) is 0 Å². The van der Waals surface area contributed by atoms with Crippen molar-refractivity contribution in [2.24, 2.45) is 0 Å². The molecule has 0 saturated carbocycles.